The van der Waals surface area contributed by atoms with Crippen molar-refractivity contribution in [3.63, 3.8) is 0 Å². The van der Waals surface area contributed by atoms with Crippen molar-refractivity contribution in [3.8, 4) is 0 Å². The van der Waals surface area contributed by atoms with Crippen LogP contribution in [0.5, 0.6) is 0 Å². The van der Waals surface area contributed by atoms with Crippen LogP contribution >= 0.6 is 0 Å². The molecule has 1 saturated heterocycles. The van der Waals surface area contributed by atoms with Gasteiger partial charge in [0.1, 0.15) is 5.76 Å². The van der Waals surface area contributed by atoms with E-state index in [9.17, 15) is 4.79 Å². The minimum Gasteiger partial charge on any atom is -0.455 e. The van der Waals surface area contributed by atoms with Crippen LogP contribution in [0.3, 0.4) is 0 Å². The summed E-state index contributed by atoms with van der Waals surface area (Å²) in [5.74, 6) is 0.392. The highest BCUT2D eigenvalue weighted by atomic mass is 16.5. The van der Waals surface area contributed by atoms with Crippen molar-refractivity contribution in [2.45, 2.75) is 25.4 Å². The lowest BCUT2D eigenvalue weighted by molar-refractivity contribution is 0.0692. The molecule has 0 bridgehead atoms. The molecule has 0 aliphatic carbocycles. The first kappa shape index (κ1) is 11.2. The van der Waals surface area contributed by atoms with Crippen LogP contribution in [0.4, 0.5) is 0 Å². The normalized spacial score (nSPS) is 20.9. The van der Waals surface area contributed by atoms with Gasteiger partial charge < -0.3 is 20.2 Å². The fourth-order valence-electron chi connectivity index (χ4n) is 1.75. The molecule has 1 aromatic rings. The molecule has 1 aliphatic heterocycles. The van der Waals surface area contributed by atoms with E-state index in [0.29, 0.717) is 12.6 Å². The highest BCUT2D eigenvalue weighted by Gasteiger charge is 2.14. The lowest BCUT2D eigenvalue weighted by atomic mass is 10.1. The second-order valence-electron chi connectivity index (χ2n) is 3.93. The summed E-state index contributed by atoms with van der Waals surface area (Å²) >= 11 is 0. The van der Waals surface area contributed by atoms with Crippen LogP contribution in [0.25, 0.3) is 0 Å². The zero-order chi connectivity index (χ0) is 11.4. The minimum atomic E-state index is -0.535. The number of nitrogens with one attached hydrogen (secondary N) is 1. The van der Waals surface area contributed by atoms with Gasteiger partial charge in [-0.1, -0.05) is 0 Å². The molecule has 3 N–H and O–H groups in total. The first-order valence-electron chi connectivity index (χ1n) is 5.45. The van der Waals surface area contributed by atoms with Gasteiger partial charge in [0.15, 0.2) is 5.76 Å². The second kappa shape index (κ2) is 5.14. The van der Waals surface area contributed by atoms with Crippen LogP contribution in [-0.2, 0) is 11.3 Å². The highest BCUT2D eigenvalue weighted by molar-refractivity contribution is 5.89. The standard InChI is InChI=1S/C11H16N2O3/c12-11(14)10-4-3-9(16-10)6-13-8-2-1-5-15-7-8/h3-4,8,13H,1-2,5-7H2,(H2,12,14). The summed E-state index contributed by atoms with van der Waals surface area (Å²) in [6.45, 7) is 2.19. The molecule has 88 valence electrons. The smallest absolute Gasteiger partial charge is 0.284 e. The van der Waals surface area contributed by atoms with Crippen molar-refractivity contribution in [1.82, 2.24) is 5.32 Å². The molecule has 0 saturated carbocycles. The molecule has 1 aliphatic rings. The molecule has 0 aromatic carbocycles. The van der Waals surface area contributed by atoms with E-state index in [-0.39, 0.29) is 5.76 Å². The Hall–Kier alpha value is -1.33. The Balaban J connectivity index is 1.81. The molecule has 1 atom stereocenters. The number of carbonyl (C=O) groups is 1. The molecule has 2 heterocycles. The van der Waals surface area contributed by atoms with E-state index >= 15 is 0 Å². The quantitative estimate of drug-likeness (QED) is 0.787. The zero-order valence-electron chi connectivity index (χ0n) is 9.07. The molecule has 1 fully saturated rings. The number of amides is 1. The van der Waals surface area contributed by atoms with Crippen LogP contribution < -0.4 is 11.1 Å². The third-order valence-electron chi connectivity index (χ3n) is 2.63. The molecule has 16 heavy (non-hydrogen) atoms. The Morgan fingerprint density at radius 1 is 1.56 bits per heavy atom. The fourth-order valence-corrected chi connectivity index (χ4v) is 1.75. The predicted molar refractivity (Wildman–Crippen MR) is 57.9 cm³/mol. The molecule has 0 spiro atoms. The Bertz CT molecular complexity index is 356. The molecular formula is C11H16N2O3. The maximum Gasteiger partial charge on any atom is 0.284 e. The molecule has 2 rings (SSSR count). The van der Waals surface area contributed by atoms with Crippen molar-refractivity contribution < 1.29 is 13.9 Å². The van der Waals surface area contributed by atoms with Gasteiger partial charge in [-0.25, -0.2) is 0 Å². The van der Waals surface area contributed by atoms with Gasteiger partial charge in [-0.2, -0.15) is 0 Å². The van der Waals surface area contributed by atoms with E-state index in [0.717, 1.165) is 31.8 Å². The molecule has 5 heteroatoms. The molecule has 1 unspecified atom stereocenters. The number of nitrogens with two attached hydrogens (primary N) is 1. The van der Waals surface area contributed by atoms with Crippen LogP contribution in [0.1, 0.15) is 29.2 Å². The third-order valence-corrected chi connectivity index (χ3v) is 2.63. The number of furan rings is 1. The van der Waals surface area contributed by atoms with E-state index in [2.05, 4.69) is 5.32 Å². The van der Waals surface area contributed by atoms with Crippen molar-refractivity contribution >= 4 is 5.91 Å². The predicted octanol–water partition coefficient (Wildman–Crippen LogP) is 0.647. The van der Waals surface area contributed by atoms with Crippen molar-refractivity contribution in [2.75, 3.05) is 13.2 Å². The van der Waals surface area contributed by atoms with Gasteiger partial charge in [-0.05, 0) is 25.0 Å². The summed E-state index contributed by atoms with van der Waals surface area (Å²) in [5.41, 5.74) is 5.09. The maximum atomic E-state index is 10.8. The lowest BCUT2D eigenvalue weighted by Crippen LogP contribution is -2.36. The summed E-state index contributed by atoms with van der Waals surface area (Å²) < 4.78 is 10.6. The van der Waals surface area contributed by atoms with Crippen LogP contribution in [-0.4, -0.2) is 25.2 Å². The number of rotatable bonds is 4. The van der Waals surface area contributed by atoms with Gasteiger partial charge in [0.05, 0.1) is 13.2 Å². The largest absolute Gasteiger partial charge is 0.455 e. The highest BCUT2D eigenvalue weighted by Crippen LogP contribution is 2.10. The molecule has 5 nitrogen and oxygen atoms in total. The third kappa shape index (κ3) is 2.84. The van der Waals surface area contributed by atoms with Crippen LogP contribution in [0.2, 0.25) is 0 Å². The van der Waals surface area contributed by atoms with Gasteiger partial charge in [0.25, 0.3) is 5.91 Å². The minimum absolute atomic E-state index is 0.205. The van der Waals surface area contributed by atoms with E-state index in [1.54, 1.807) is 12.1 Å². The van der Waals surface area contributed by atoms with E-state index in [1.807, 2.05) is 0 Å². The first-order valence-corrected chi connectivity index (χ1v) is 5.45. The van der Waals surface area contributed by atoms with Crippen LogP contribution in [0, 0.1) is 0 Å². The number of hydrogen-bond acceptors (Lipinski definition) is 4. The average Bonchev–Trinajstić information content (AvgIpc) is 2.76. The molecule has 0 radical (unpaired) electrons. The second-order valence-corrected chi connectivity index (χ2v) is 3.93. The monoisotopic (exact) mass is 224 g/mol. The summed E-state index contributed by atoms with van der Waals surface area (Å²) in [4.78, 5) is 10.8. The SMILES string of the molecule is NC(=O)c1ccc(CNC2CCCOC2)o1. The lowest BCUT2D eigenvalue weighted by Gasteiger charge is -2.22. The fraction of sp³-hybridized carbons (Fsp3) is 0.545. The first-order chi connectivity index (χ1) is 7.75. The van der Waals surface area contributed by atoms with E-state index in [1.165, 1.54) is 0 Å². The zero-order valence-corrected chi connectivity index (χ0v) is 9.07. The van der Waals surface area contributed by atoms with Crippen LogP contribution in [0.15, 0.2) is 16.5 Å². The van der Waals surface area contributed by atoms with Crippen molar-refractivity contribution in [3.05, 3.63) is 23.7 Å². The van der Waals surface area contributed by atoms with Gasteiger partial charge in [0, 0.05) is 12.6 Å². The van der Waals surface area contributed by atoms with Crippen molar-refractivity contribution in [1.29, 1.82) is 0 Å². The van der Waals surface area contributed by atoms with Gasteiger partial charge in [-0.3, -0.25) is 4.79 Å². The summed E-state index contributed by atoms with van der Waals surface area (Å²) in [6, 6.07) is 3.73. The molecular weight excluding hydrogens is 208 g/mol. The summed E-state index contributed by atoms with van der Waals surface area (Å²) in [6.07, 6.45) is 2.20. The Morgan fingerprint density at radius 3 is 3.06 bits per heavy atom. The Morgan fingerprint density at radius 2 is 2.44 bits per heavy atom. The Kier molecular flexibility index (Phi) is 3.58. The van der Waals surface area contributed by atoms with Crippen molar-refractivity contribution in [2.24, 2.45) is 5.73 Å². The number of carbonyl (C=O) groups excluding carboxylic acids is 1. The topological polar surface area (TPSA) is 77.5 Å². The number of ether oxygens (including phenoxy) is 1. The summed E-state index contributed by atoms with van der Waals surface area (Å²) in [7, 11) is 0. The van der Waals surface area contributed by atoms with Gasteiger partial charge in [-0.15, -0.1) is 0 Å². The van der Waals surface area contributed by atoms with Gasteiger partial charge in [0.2, 0.25) is 0 Å². The maximum absolute atomic E-state index is 10.8. The van der Waals surface area contributed by atoms with E-state index < -0.39 is 5.91 Å². The number of primary amides is 1. The molecule has 1 aromatic heterocycles. The van der Waals surface area contributed by atoms with E-state index in [4.69, 9.17) is 14.9 Å². The van der Waals surface area contributed by atoms with Gasteiger partial charge >= 0.3 is 0 Å². The molecule has 1 amide bonds. The average molecular weight is 224 g/mol. The summed E-state index contributed by atoms with van der Waals surface area (Å²) in [5, 5.41) is 3.32. The number of hydrogen-bond donors (Lipinski definition) is 2. The Labute approximate surface area is 93.9 Å².